The average molecular weight is 309 g/mol. The number of nitro groups is 1. The third-order valence-electron chi connectivity index (χ3n) is 2.60. The molecule has 0 saturated heterocycles. The normalized spacial score (nSPS) is 11.1. The van der Waals surface area contributed by atoms with Crippen molar-refractivity contribution >= 4 is 21.5 Å². The standard InChI is InChI=1S/C12H11N3O5S/c1-8-6-7-10(16)12(13-8)14-21(19,20)11-5-3-2-4-9(11)15(17)18/h2-7,16H,1H3,(H,13,14). The van der Waals surface area contributed by atoms with E-state index in [1.807, 2.05) is 4.72 Å². The Morgan fingerprint density at radius 1 is 1.24 bits per heavy atom. The maximum Gasteiger partial charge on any atom is 0.289 e. The summed E-state index contributed by atoms with van der Waals surface area (Å²) in [6, 6.07) is 7.69. The SMILES string of the molecule is Cc1ccc(O)c(NS(=O)(=O)c2ccccc2[N+](=O)[O-])n1. The van der Waals surface area contributed by atoms with Crippen molar-refractivity contribution in [1.82, 2.24) is 4.98 Å². The third-order valence-corrected chi connectivity index (χ3v) is 3.98. The van der Waals surface area contributed by atoms with Crippen molar-refractivity contribution in [3.8, 4) is 5.75 Å². The van der Waals surface area contributed by atoms with E-state index in [1.54, 1.807) is 6.92 Å². The van der Waals surface area contributed by atoms with E-state index >= 15 is 0 Å². The minimum atomic E-state index is -4.24. The third kappa shape index (κ3) is 3.08. The van der Waals surface area contributed by atoms with Crippen LogP contribution in [0.2, 0.25) is 0 Å². The lowest BCUT2D eigenvalue weighted by Gasteiger charge is -2.09. The lowest BCUT2D eigenvalue weighted by molar-refractivity contribution is -0.387. The van der Waals surface area contributed by atoms with Crippen molar-refractivity contribution in [2.75, 3.05) is 4.72 Å². The molecule has 21 heavy (non-hydrogen) atoms. The highest BCUT2D eigenvalue weighted by molar-refractivity contribution is 7.92. The van der Waals surface area contributed by atoms with Gasteiger partial charge in [-0.1, -0.05) is 12.1 Å². The number of pyridine rings is 1. The largest absolute Gasteiger partial charge is 0.504 e. The van der Waals surface area contributed by atoms with E-state index in [-0.39, 0.29) is 11.6 Å². The number of rotatable bonds is 4. The maximum atomic E-state index is 12.2. The zero-order valence-corrected chi connectivity index (χ0v) is 11.7. The van der Waals surface area contributed by atoms with Gasteiger partial charge in [0.2, 0.25) is 0 Å². The van der Waals surface area contributed by atoms with Crippen LogP contribution >= 0.6 is 0 Å². The van der Waals surface area contributed by atoms with Crippen LogP contribution in [-0.4, -0.2) is 23.4 Å². The number of nitrogens with zero attached hydrogens (tertiary/aromatic N) is 2. The molecule has 0 unspecified atom stereocenters. The molecule has 2 aromatic rings. The smallest absolute Gasteiger partial charge is 0.289 e. The molecule has 0 radical (unpaired) electrons. The molecular formula is C12H11N3O5S. The van der Waals surface area contributed by atoms with Gasteiger partial charge in [0.05, 0.1) is 4.92 Å². The van der Waals surface area contributed by atoms with Crippen LogP contribution in [0.25, 0.3) is 0 Å². The molecule has 2 rings (SSSR count). The van der Waals surface area contributed by atoms with Gasteiger partial charge in [-0.3, -0.25) is 14.8 Å². The molecule has 0 saturated carbocycles. The minimum Gasteiger partial charge on any atom is -0.504 e. The van der Waals surface area contributed by atoms with Gasteiger partial charge in [-0.2, -0.15) is 0 Å². The Morgan fingerprint density at radius 2 is 1.90 bits per heavy atom. The Balaban J connectivity index is 2.49. The van der Waals surface area contributed by atoms with Crippen LogP contribution in [0.15, 0.2) is 41.3 Å². The summed E-state index contributed by atoms with van der Waals surface area (Å²) in [5.41, 5.74) is -0.0785. The predicted octanol–water partition coefficient (Wildman–Crippen LogP) is 1.80. The first-order valence-corrected chi connectivity index (χ1v) is 7.22. The van der Waals surface area contributed by atoms with Crippen LogP contribution in [0, 0.1) is 17.0 Å². The molecule has 0 amide bonds. The number of para-hydroxylation sites is 1. The second-order valence-electron chi connectivity index (χ2n) is 4.15. The summed E-state index contributed by atoms with van der Waals surface area (Å²) in [7, 11) is -4.24. The quantitative estimate of drug-likeness (QED) is 0.656. The molecule has 1 aromatic heterocycles. The van der Waals surface area contributed by atoms with E-state index < -0.39 is 25.5 Å². The Bertz CT molecular complexity index is 804. The number of anilines is 1. The van der Waals surface area contributed by atoms with E-state index in [2.05, 4.69) is 4.98 Å². The Hall–Kier alpha value is -2.68. The lowest BCUT2D eigenvalue weighted by Crippen LogP contribution is -2.15. The monoisotopic (exact) mass is 309 g/mol. The summed E-state index contributed by atoms with van der Waals surface area (Å²) in [5.74, 6) is -0.657. The molecule has 2 N–H and O–H groups in total. The van der Waals surface area contributed by atoms with Crippen molar-refractivity contribution in [2.45, 2.75) is 11.8 Å². The van der Waals surface area contributed by atoms with Crippen molar-refractivity contribution in [2.24, 2.45) is 0 Å². The Kier molecular flexibility index (Phi) is 3.76. The summed E-state index contributed by atoms with van der Waals surface area (Å²) < 4.78 is 26.5. The van der Waals surface area contributed by atoms with E-state index in [1.165, 1.54) is 24.3 Å². The maximum absolute atomic E-state index is 12.2. The minimum absolute atomic E-state index is 0.284. The zero-order valence-electron chi connectivity index (χ0n) is 10.8. The Morgan fingerprint density at radius 3 is 2.57 bits per heavy atom. The summed E-state index contributed by atoms with van der Waals surface area (Å²) in [6.45, 7) is 1.61. The number of aromatic hydroxyl groups is 1. The lowest BCUT2D eigenvalue weighted by atomic mass is 10.3. The van der Waals surface area contributed by atoms with Gasteiger partial charge in [-0.15, -0.1) is 0 Å². The number of sulfonamides is 1. The highest BCUT2D eigenvalue weighted by Crippen LogP contribution is 2.27. The topological polar surface area (TPSA) is 122 Å². The van der Waals surface area contributed by atoms with Crippen LogP contribution in [0.1, 0.15) is 5.69 Å². The van der Waals surface area contributed by atoms with Crippen molar-refractivity contribution in [1.29, 1.82) is 0 Å². The Labute approximate surface area is 120 Å². The molecule has 8 nitrogen and oxygen atoms in total. The number of benzene rings is 1. The average Bonchev–Trinajstić information content (AvgIpc) is 2.42. The van der Waals surface area contributed by atoms with E-state index in [9.17, 15) is 23.6 Å². The molecule has 0 aliphatic heterocycles. The summed E-state index contributed by atoms with van der Waals surface area (Å²) in [5, 5.41) is 20.5. The van der Waals surface area contributed by atoms with Gasteiger partial charge in [-0.25, -0.2) is 13.4 Å². The van der Waals surface area contributed by atoms with Crippen molar-refractivity contribution < 1.29 is 18.4 Å². The summed E-state index contributed by atoms with van der Waals surface area (Å²) >= 11 is 0. The second-order valence-corrected chi connectivity index (χ2v) is 5.80. The first-order chi connectivity index (χ1) is 9.81. The molecule has 0 spiro atoms. The first-order valence-electron chi connectivity index (χ1n) is 5.74. The molecular weight excluding hydrogens is 298 g/mol. The van der Waals surface area contributed by atoms with Crippen LogP contribution < -0.4 is 4.72 Å². The highest BCUT2D eigenvalue weighted by Gasteiger charge is 2.26. The number of aromatic nitrogens is 1. The summed E-state index contributed by atoms with van der Waals surface area (Å²) in [4.78, 5) is 13.4. The zero-order chi connectivity index (χ0) is 15.6. The van der Waals surface area contributed by atoms with Gasteiger partial charge >= 0.3 is 0 Å². The number of nitrogens with one attached hydrogen (secondary N) is 1. The fourth-order valence-electron chi connectivity index (χ4n) is 1.64. The fourth-order valence-corrected chi connectivity index (χ4v) is 2.83. The van der Waals surface area contributed by atoms with Gasteiger partial charge in [0, 0.05) is 11.8 Å². The second kappa shape index (κ2) is 5.37. The van der Waals surface area contributed by atoms with Gasteiger partial charge < -0.3 is 5.11 Å². The molecule has 0 aliphatic carbocycles. The highest BCUT2D eigenvalue weighted by atomic mass is 32.2. The van der Waals surface area contributed by atoms with Crippen molar-refractivity contribution in [3.63, 3.8) is 0 Å². The van der Waals surface area contributed by atoms with E-state index in [0.29, 0.717) is 5.69 Å². The van der Waals surface area contributed by atoms with Gasteiger partial charge in [0.1, 0.15) is 0 Å². The molecule has 1 heterocycles. The number of hydrogen-bond donors (Lipinski definition) is 2. The molecule has 0 bridgehead atoms. The molecule has 110 valence electrons. The molecule has 0 aliphatic rings. The summed E-state index contributed by atoms with van der Waals surface area (Å²) in [6.07, 6.45) is 0. The van der Waals surface area contributed by atoms with Crippen LogP contribution in [0.4, 0.5) is 11.5 Å². The van der Waals surface area contributed by atoms with E-state index in [4.69, 9.17) is 0 Å². The van der Waals surface area contributed by atoms with Crippen molar-refractivity contribution in [3.05, 3.63) is 52.2 Å². The molecule has 0 atom stereocenters. The molecule has 1 aromatic carbocycles. The van der Waals surface area contributed by atoms with E-state index in [0.717, 1.165) is 12.1 Å². The van der Waals surface area contributed by atoms with Crippen LogP contribution in [0.5, 0.6) is 5.75 Å². The molecule has 0 fully saturated rings. The molecule has 9 heteroatoms. The van der Waals surface area contributed by atoms with Crippen LogP contribution in [0.3, 0.4) is 0 Å². The number of nitro benzene ring substituents is 1. The van der Waals surface area contributed by atoms with Crippen LogP contribution in [-0.2, 0) is 10.0 Å². The van der Waals surface area contributed by atoms with Gasteiger partial charge in [-0.05, 0) is 25.1 Å². The predicted molar refractivity (Wildman–Crippen MR) is 74.5 cm³/mol. The van der Waals surface area contributed by atoms with Gasteiger partial charge in [0.15, 0.2) is 16.5 Å². The number of aryl methyl sites for hydroxylation is 1. The first kappa shape index (κ1) is 14.7. The van der Waals surface area contributed by atoms with Gasteiger partial charge in [0.25, 0.3) is 15.7 Å². The fraction of sp³-hybridized carbons (Fsp3) is 0.0833. The number of hydrogen-bond acceptors (Lipinski definition) is 6.